The van der Waals surface area contributed by atoms with Crippen LogP contribution in [0.15, 0.2) is 12.1 Å². The van der Waals surface area contributed by atoms with Gasteiger partial charge >= 0.3 is 0 Å². The van der Waals surface area contributed by atoms with E-state index in [1.165, 1.54) is 37.7 Å². The molecule has 0 spiro atoms. The Kier molecular flexibility index (Phi) is 5.66. The van der Waals surface area contributed by atoms with Gasteiger partial charge in [0.05, 0.1) is 0 Å². The van der Waals surface area contributed by atoms with E-state index in [1.807, 2.05) is 19.9 Å². The lowest BCUT2D eigenvalue weighted by atomic mass is 9.89. The monoisotopic (exact) mass is 289 g/mol. The SMILES string of the molecule is Cc1cc(C)c(C)c(OCC(=O)NCC2CCCCC2)c1. The van der Waals surface area contributed by atoms with Crippen LogP contribution in [0.4, 0.5) is 0 Å². The van der Waals surface area contributed by atoms with Crippen LogP contribution in [0.25, 0.3) is 0 Å². The molecule has 3 nitrogen and oxygen atoms in total. The van der Waals surface area contributed by atoms with Crippen molar-refractivity contribution in [1.29, 1.82) is 0 Å². The lowest BCUT2D eigenvalue weighted by Gasteiger charge is -2.21. The van der Waals surface area contributed by atoms with Gasteiger partial charge in [0.25, 0.3) is 5.91 Å². The Labute approximate surface area is 128 Å². The molecule has 1 saturated carbocycles. The van der Waals surface area contributed by atoms with Crippen LogP contribution in [0, 0.1) is 26.7 Å². The molecule has 0 heterocycles. The van der Waals surface area contributed by atoms with E-state index >= 15 is 0 Å². The van der Waals surface area contributed by atoms with E-state index in [-0.39, 0.29) is 12.5 Å². The molecule has 0 aromatic heterocycles. The number of hydrogen-bond acceptors (Lipinski definition) is 2. The topological polar surface area (TPSA) is 38.3 Å². The lowest BCUT2D eigenvalue weighted by molar-refractivity contribution is -0.123. The molecular formula is C18H27NO2. The van der Waals surface area contributed by atoms with Crippen LogP contribution < -0.4 is 10.1 Å². The molecule has 0 atom stereocenters. The minimum Gasteiger partial charge on any atom is -0.483 e. The second-order valence-corrected chi connectivity index (χ2v) is 6.30. The number of nitrogens with one attached hydrogen (secondary N) is 1. The smallest absolute Gasteiger partial charge is 0.257 e. The van der Waals surface area contributed by atoms with Gasteiger partial charge in [0.2, 0.25) is 0 Å². The number of hydrogen-bond donors (Lipinski definition) is 1. The summed E-state index contributed by atoms with van der Waals surface area (Å²) in [6.07, 6.45) is 6.45. The van der Waals surface area contributed by atoms with Crippen molar-refractivity contribution in [2.45, 2.75) is 52.9 Å². The highest BCUT2D eigenvalue weighted by molar-refractivity contribution is 5.77. The maximum atomic E-state index is 11.9. The van der Waals surface area contributed by atoms with Crippen LogP contribution in [0.2, 0.25) is 0 Å². The highest BCUT2D eigenvalue weighted by Crippen LogP contribution is 2.24. The maximum absolute atomic E-state index is 11.9. The fraction of sp³-hybridized carbons (Fsp3) is 0.611. The van der Waals surface area contributed by atoms with Gasteiger partial charge in [-0.15, -0.1) is 0 Å². The molecule has 1 N–H and O–H groups in total. The van der Waals surface area contributed by atoms with Crippen LogP contribution in [0.3, 0.4) is 0 Å². The molecule has 0 aliphatic heterocycles. The van der Waals surface area contributed by atoms with Crippen molar-refractivity contribution in [3.05, 3.63) is 28.8 Å². The average molecular weight is 289 g/mol. The predicted octanol–water partition coefficient (Wildman–Crippen LogP) is 3.69. The molecule has 116 valence electrons. The lowest BCUT2D eigenvalue weighted by Crippen LogP contribution is -2.33. The van der Waals surface area contributed by atoms with Crippen LogP contribution in [0.5, 0.6) is 5.75 Å². The Morgan fingerprint density at radius 1 is 1.19 bits per heavy atom. The van der Waals surface area contributed by atoms with Gasteiger partial charge in [-0.3, -0.25) is 4.79 Å². The first-order valence-electron chi connectivity index (χ1n) is 8.03. The molecule has 2 rings (SSSR count). The van der Waals surface area contributed by atoms with Gasteiger partial charge in [-0.2, -0.15) is 0 Å². The second kappa shape index (κ2) is 7.48. The average Bonchev–Trinajstić information content (AvgIpc) is 2.48. The zero-order valence-corrected chi connectivity index (χ0v) is 13.5. The van der Waals surface area contributed by atoms with Gasteiger partial charge in [0.15, 0.2) is 6.61 Å². The second-order valence-electron chi connectivity index (χ2n) is 6.30. The summed E-state index contributed by atoms with van der Waals surface area (Å²) in [5, 5.41) is 3.01. The summed E-state index contributed by atoms with van der Waals surface area (Å²) in [6.45, 7) is 7.05. The van der Waals surface area contributed by atoms with E-state index < -0.39 is 0 Å². The fourth-order valence-corrected chi connectivity index (χ4v) is 2.99. The van der Waals surface area contributed by atoms with Crippen molar-refractivity contribution in [2.75, 3.05) is 13.2 Å². The molecule has 1 fully saturated rings. The van der Waals surface area contributed by atoms with Gasteiger partial charge in [-0.25, -0.2) is 0 Å². The molecule has 3 heteroatoms. The summed E-state index contributed by atoms with van der Waals surface area (Å²) in [4.78, 5) is 11.9. The van der Waals surface area contributed by atoms with Crippen molar-refractivity contribution in [3.8, 4) is 5.75 Å². The van der Waals surface area contributed by atoms with Gasteiger partial charge in [0, 0.05) is 6.54 Å². The summed E-state index contributed by atoms with van der Waals surface area (Å²) in [5.74, 6) is 1.46. The Morgan fingerprint density at radius 2 is 1.90 bits per heavy atom. The predicted molar refractivity (Wildman–Crippen MR) is 85.7 cm³/mol. The summed E-state index contributed by atoms with van der Waals surface area (Å²) >= 11 is 0. The molecule has 0 saturated heterocycles. The number of aryl methyl sites for hydroxylation is 2. The normalized spacial score (nSPS) is 15.8. The molecule has 0 radical (unpaired) electrons. The zero-order valence-electron chi connectivity index (χ0n) is 13.5. The van der Waals surface area contributed by atoms with Gasteiger partial charge in [0.1, 0.15) is 5.75 Å². The number of amides is 1. The zero-order chi connectivity index (χ0) is 15.2. The quantitative estimate of drug-likeness (QED) is 0.898. The number of rotatable bonds is 5. The highest BCUT2D eigenvalue weighted by Gasteiger charge is 2.14. The Hall–Kier alpha value is -1.51. The third-order valence-corrected chi connectivity index (χ3v) is 4.44. The van der Waals surface area contributed by atoms with E-state index in [1.54, 1.807) is 0 Å². The molecule has 1 aromatic carbocycles. The van der Waals surface area contributed by atoms with Crippen molar-refractivity contribution in [3.63, 3.8) is 0 Å². The van der Waals surface area contributed by atoms with Crippen LogP contribution in [-0.4, -0.2) is 19.1 Å². The molecule has 1 aliphatic carbocycles. The van der Waals surface area contributed by atoms with Crippen molar-refractivity contribution >= 4 is 5.91 Å². The molecule has 1 amide bonds. The standard InChI is InChI=1S/C18H27NO2/c1-13-9-14(2)15(3)17(10-13)21-12-18(20)19-11-16-7-5-4-6-8-16/h9-10,16H,4-8,11-12H2,1-3H3,(H,19,20). The molecule has 21 heavy (non-hydrogen) atoms. The highest BCUT2D eigenvalue weighted by atomic mass is 16.5. The number of ether oxygens (including phenoxy) is 1. The molecule has 1 aliphatic rings. The summed E-state index contributed by atoms with van der Waals surface area (Å²) < 4.78 is 5.69. The van der Waals surface area contributed by atoms with Crippen molar-refractivity contribution < 1.29 is 9.53 Å². The van der Waals surface area contributed by atoms with Gasteiger partial charge in [-0.1, -0.05) is 25.3 Å². The van der Waals surface area contributed by atoms with Crippen molar-refractivity contribution in [2.24, 2.45) is 5.92 Å². The van der Waals surface area contributed by atoms with Gasteiger partial charge in [-0.05, 0) is 62.3 Å². The fourth-order valence-electron chi connectivity index (χ4n) is 2.99. The van der Waals surface area contributed by atoms with Crippen LogP contribution in [0.1, 0.15) is 48.8 Å². The third kappa shape index (κ3) is 4.76. The summed E-state index contributed by atoms with van der Waals surface area (Å²) in [7, 11) is 0. The maximum Gasteiger partial charge on any atom is 0.257 e. The molecule has 0 bridgehead atoms. The first kappa shape index (κ1) is 15.9. The Morgan fingerprint density at radius 3 is 2.62 bits per heavy atom. The van der Waals surface area contributed by atoms with E-state index in [2.05, 4.69) is 18.3 Å². The third-order valence-electron chi connectivity index (χ3n) is 4.44. The van der Waals surface area contributed by atoms with Crippen molar-refractivity contribution in [1.82, 2.24) is 5.32 Å². The Balaban J connectivity index is 1.78. The van der Waals surface area contributed by atoms with E-state index in [0.717, 1.165) is 23.4 Å². The molecule has 1 aromatic rings. The summed E-state index contributed by atoms with van der Waals surface area (Å²) in [5.41, 5.74) is 3.48. The number of benzene rings is 1. The van der Waals surface area contributed by atoms with Crippen LogP contribution in [-0.2, 0) is 4.79 Å². The first-order chi connectivity index (χ1) is 10.1. The minimum absolute atomic E-state index is 0.0147. The first-order valence-corrected chi connectivity index (χ1v) is 8.03. The van der Waals surface area contributed by atoms with Crippen LogP contribution >= 0.6 is 0 Å². The number of carbonyl (C=O) groups is 1. The summed E-state index contributed by atoms with van der Waals surface area (Å²) in [6, 6.07) is 4.13. The van der Waals surface area contributed by atoms with E-state index in [0.29, 0.717) is 5.92 Å². The van der Waals surface area contributed by atoms with Gasteiger partial charge < -0.3 is 10.1 Å². The largest absolute Gasteiger partial charge is 0.483 e. The molecular weight excluding hydrogens is 262 g/mol. The van der Waals surface area contributed by atoms with E-state index in [4.69, 9.17) is 4.74 Å². The Bertz CT molecular complexity index is 490. The van der Waals surface area contributed by atoms with E-state index in [9.17, 15) is 4.79 Å². The molecule has 0 unspecified atom stereocenters. The minimum atomic E-state index is -0.0147. The number of carbonyl (C=O) groups excluding carboxylic acids is 1.